The van der Waals surface area contributed by atoms with Gasteiger partial charge in [0.15, 0.2) is 5.92 Å². The number of hydrogen-bond acceptors (Lipinski definition) is 5. The van der Waals surface area contributed by atoms with Crippen molar-refractivity contribution in [2.45, 2.75) is 46.5 Å². The molecule has 0 unspecified atom stereocenters. The summed E-state index contributed by atoms with van der Waals surface area (Å²) in [4.78, 5) is 35.6. The lowest BCUT2D eigenvalue weighted by Crippen LogP contribution is -2.28. The van der Waals surface area contributed by atoms with Gasteiger partial charge >= 0.3 is 17.9 Å². The molecule has 1 rings (SSSR count). The number of carbonyl (C=O) groups is 3. The Kier molecular flexibility index (Phi) is 9.86. The third-order valence-corrected chi connectivity index (χ3v) is 4.02. The summed E-state index contributed by atoms with van der Waals surface area (Å²) in [7, 11) is 0. The molecule has 0 saturated carbocycles. The highest BCUT2D eigenvalue weighted by atomic mass is 16.6. The van der Waals surface area contributed by atoms with Crippen molar-refractivity contribution in [3.63, 3.8) is 0 Å². The van der Waals surface area contributed by atoms with Crippen molar-refractivity contribution >= 4 is 23.5 Å². The molecule has 0 spiro atoms. The van der Waals surface area contributed by atoms with E-state index in [1.54, 1.807) is 26.0 Å². The van der Waals surface area contributed by atoms with E-state index in [0.29, 0.717) is 0 Å². The van der Waals surface area contributed by atoms with Crippen LogP contribution in [0.4, 0.5) is 0 Å². The molecule has 0 saturated heterocycles. The summed E-state index contributed by atoms with van der Waals surface area (Å²) < 4.78 is 10.1. The summed E-state index contributed by atoms with van der Waals surface area (Å²) in [6.45, 7) is 5.80. The van der Waals surface area contributed by atoms with Gasteiger partial charge in [0.1, 0.15) is 0 Å². The van der Waals surface area contributed by atoms with E-state index in [4.69, 9.17) is 14.6 Å². The number of carbonyl (C=O) groups excluding carboxylic acids is 2. The Hall–Kier alpha value is -2.63. The van der Waals surface area contributed by atoms with Gasteiger partial charge in [0.05, 0.1) is 18.8 Å². The number of aromatic carboxylic acids is 1. The number of unbranched alkanes of at least 4 members (excludes halogenated alkanes) is 2. The minimum atomic E-state index is -1.04. The predicted molar refractivity (Wildman–Crippen MR) is 102 cm³/mol. The summed E-state index contributed by atoms with van der Waals surface area (Å²) in [6, 6.07) is 6.40. The van der Waals surface area contributed by atoms with Crippen LogP contribution in [0.5, 0.6) is 0 Å². The molecule has 0 aliphatic heterocycles. The average molecular weight is 376 g/mol. The zero-order chi connectivity index (χ0) is 20.2. The maximum absolute atomic E-state index is 12.3. The fraction of sp³-hybridized carbons (Fsp3) is 0.476. The Bertz CT molecular complexity index is 642. The maximum Gasteiger partial charge on any atom is 0.335 e. The molecule has 6 heteroatoms. The van der Waals surface area contributed by atoms with Crippen molar-refractivity contribution in [2.75, 3.05) is 13.2 Å². The molecule has 0 bridgehead atoms. The predicted octanol–water partition coefficient (Wildman–Crippen LogP) is 4.09. The van der Waals surface area contributed by atoms with E-state index in [9.17, 15) is 14.4 Å². The molecule has 0 amide bonds. The summed E-state index contributed by atoms with van der Waals surface area (Å²) in [5, 5.41) is 9.06. The molecule has 148 valence electrons. The van der Waals surface area contributed by atoms with Crippen LogP contribution in [0, 0.1) is 5.92 Å². The van der Waals surface area contributed by atoms with Crippen LogP contribution in [0.15, 0.2) is 30.3 Å². The topological polar surface area (TPSA) is 89.9 Å². The number of esters is 2. The summed E-state index contributed by atoms with van der Waals surface area (Å²) in [5.74, 6) is -3.27. The van der Waals surface area contributed by atoms with Gasteiger partial charge in [-0.25, -0.2) is 4.79 Å². The minimum absolute atomic E-state index is 0.147. The van der Waals surface area contributed by atoms with Crippen LogP contribution in [0.2, 0.25) is 0 Å². The first-order chi connectivity index (χ1) is 12.9. The summed E-state index contributed by atoms with van der Waals surface area (Å²) >= 11 is 0. The number of carboxylic acids is 1. The van der Waals surface area contributed by atoms with Crippen LogP contribution in [0.1, 0.15) is 62.4 Å². The first-order valence-corrected chi connectivity index (χ1v) is 9.30. The second-order valence-electron chi connectivity index (χ2n) is 6.01. The third-order valence-electron chi connectivity index (χ3n) is 4.02. The van der Waals surface area contributed by atoms with Crippen LogP contribution < -0.4 is 0 Å². The van der Waals surface area contributed by atoms with Gasteiger partial charge in [0.2, 0.25) is 0 Å². The lowest BCUT2D eigenvalue weighted by atomic mass is 9.92. The largest absolute Gasteiger partial charge is 0.478 e. The van der Waals surface area contributed by atoms with E-state index in [1.807, 2.05) is 6.08 Å². The molecule has 1 aromatic carbocycles. The fourth-order valence-corrected chi connectivity index (χ4v) is 2.59. The number of allylic oxidation sites excluding steroid dienone is 2. The second-order valence-corrected chi connectivity index (χ2v) is 6.01. The van der Waals surface area contributed by atoms with Crippen LogP contribution in [0.3, 0.4) is 0 Å². The Labute approximate surface area is 160 Å². The number of rotatable bonds is 11. The second kappa shape index (κ2) is 11.9. The summed E-state index contributed by atoms with van der Waals surface area (Å²) in [5.41, 5.74) is 1.75. The molecule has 1 aromatic rings. The van der Waals surface area contributed by atoms with Crippen molar-refractivity contribution in [1.82, 2.24) is 0 Å². The molecule has 1 N–H and O–H groups in total. The first kappa shape index (κ1) is 22.4. The van der Waals surface area contributed by atoms with E-state index in [0.717, 1.165) is 30.4 Å². The molecular weight excluding hydrogens is 348 g/mol. The summed E-state index contributed by atoms with van der Waals surface area (Å²) in [6.07, 6.45) is 4.92. The Morgan fingerprint density at radius 3 is 1.93 bits per heavy atom. The van der Waals surface area contributed by atoms with E-state index in [1.165, 1.54) is 12.1 Å². The van der Waals surface area contributed by atoms with Gasteiger partial charge in [-0.1, -0.05) is 38.0 Å². The molecule has 0 atom stereocenters. The van der Waals surface area contributed by atoms with Gasteiger partial charge in [0, 0.05) is 0 Å². The highest BCUT2D eigenvalue weighted by Gasteiger charge is 2.30. The van der Waals surface area contributed by atoms with Crippen LogP contribution in [0.25, 0.3) is 5.57 Å². The molecule has 0 heterocycles. The minimum Gasteiger partial charge on any atom is -0.478 e. The van der Waals surface area contributed by atoms with Crippen molar-refractivity contribution < 1.29 is 29.0 Å². The fourth-order valence-electron chi connectivity index (χ4n) is 2.59. The highest BCUT2D eigenvalue weighted by Crippen LogP contribution is 2.26. The number of hydrogen-bond donors (Lipinski definition) is 1. The lowest BCUT2D eigenvalue weighted by molar-refractivity contribution is -0.161. The number of carboxylic acid groups (broad SMARTS) is 1. The molecule has 0 radical (unpaired) electrons. The van der Waals surface area contributed by atoms with Crippen molar-refractivity contribution in [2.24, 2.45) is 5.92 Å². The smallest absolute Gasteiger partial charge is 0.335 e. The Morgan fingerprint density at radius 2 is 1.48 bits per heavy atom. The van der Waals surface area contributed by atoms with Gasteiger partial charge in [-0.15, -0.1) is 0 Å². The monoisotopic (exact) mass is 376 g/mol. The van der Waals surface area contributed by atoms with Gasteiger partial charge in [-0.3, -0.25) is 9.59 Å². The molecule has 6 nitrogen and oxygen atoms in total. The van der Waals surface area contributed by atoms with Crippen molar-refractivity contribution in [1.29, 1.82) is 0 Å². The maximum atomic E-state index is 12.3. The van der Waals surface area contributed by atoms with E-state index >= 15 is 0 Å². The van der Waals surface area contributed by atoms with E-state index in [2.05, 4.69) is 6.92 Å². The molecule has 0 aliphatic carbocycles. The van der Waals surface area contributed by atoms with E-state index in [-0.39, 0.29) is 25.2 Å². The zero-order valence-electron chi connectivity index (χ0n) is 16.2. The van der Waals surface area contributed by atoms with Gasteiger partial charge < -0.3 is 14.6 Å². The quantitative estimate of drug-likeness (QED) is 0.355. The van der Waals surface area contributed by atoms with Crippen LogP contribution in [-0.4, -0.2) is 36.2 Å². The van der Waals surface area contributed by atoms with Gasteiger partial charge in [0.25, 0.3) is 0 Å². The zero-order valence-corrected chi connectivity index (χ0v) is 16.2. The van der Waals surface area contributed by atoms with Gasteiger partial charge in [-0.05, 0) is 50.0 Å². The molecule has 27 heavy (non-hydrogen) atoms. The van der Waals surface area contributed by atoms with Crippen LogP contribution in [-0.2, 0) is 19.1 Å². The SMILES string of the molecule is CCCC/C=C(/CC(C(=O)OCC)C(=O)OCC)c1ccc(C(=O)O)cc1. The lowest BCUT2D eigenvalue weighted by Gasteiger charge is -2.17. The molecule has 0 fully saturated rings. The molecule has 0 aliphatic rings. The van der Waals surface area contributed by atoms with Crippen molar-refractivity contribution in [3.8, 4) is 0 Å². The number of benzene rings is 1. The Balaban J connectivity index is 3.15. The van der Waals surface area contributed by atoms with Gasteiger partial charge in [-0.2, -0.15) is 0 Å². The standard InChI is InChI=1S/C21H28O6/c1-4-7-8-9-17(15-10-12-16(13-11-15)19(22)23)14-18(20(24)26-5-2)21(25)27-6-3/h9-13,18H,4-8,14H2,1-3H3,(H,22,23)/b17-9-. The molecule has 0 aromatic heterocycles. The highest BCUT2D eigenvalue weighted by molar-refractivity contribution is 5.97. The van der Waals surface area contributed by atoms with E-state index < -0.39 is 23.8 Å². The normalized spacial score (nSPS) is 11.3. The third kappa shape index (κ3) is 7.25. The van der Waals surface area contributed by atoms with Crippen molar-refractivity contribution in [3.05, 3.63) is 41.5 Å². The number of ether oxygens (including phenoxy) is 2. The Morgan fingerprint density at radius 1 is 0.963 bits per heavy atom. The first-order valence-electron chi connectivity index (χ1n) is 9.30. The average Bonchev–Trinajstić information content (AvgIpc) is 2.65. The molecular formula is C21H28O6. The van der Waals surface area contributed by atoms with Crippen LogP contribution >= 0.6 is 0 Å².